The standard InChI is InChI=1S/C13H26O3Si/c1-10(14-2)16-17(3,4)8-7-11-5-6-12-13(9-11)15-12/h10-13H,5-9H2,1-4H3. The van der Waals surface area contributed by atoms with Crippen molar-refractivity contribution in [2.24, 2.45) is 5.92 Å². The van der Waals surface area contributed by atoms with E-state index in [2.05, 4.69) is 13.1 Å². The number of methoxy groups -OCH3 is 1. The largest absolute Gasteiger partial charge is 0.393 e. The average Bonchev–Trinajstić information content (AvgIpc) is 3.04. The molecule has 0 amide bonds. The zero-order valence-corrected chi connectivity index (χ0v) is 12.6. The summed E-state index contributed by atoms with van der Waals surface area (Å²) in [5.74, 6) is 0.868. The van der Waals surface area contributed by atoms with Gasteiger partial charge in [-0.05, 0) is 51.2 Å². The third-order valence-electron chi connectivity index (χ3n) is 4.08. The molecule has 0 spiro atoms. The lowest BCUT2D eigenvalue weighted by Gasteiger charge is -2.28. The normalized spacial score (nSPS) is 34.2. The van der Waals surface area contributed by atoms with Gasteiger partial charge in [0.15, 0.2) is 8.32 Å². The number of rotatable bonds is 6. The fourth-order valence-corrected chi connectivity index (χ4v) is 5.07. The van der Waals surface area contributed by atoms with Gasteiger partial charge in [-0.25, -0.2) is 0 Å². The van der Waals surface area contributed by atoms with E-state index >= 15 is 0 Å². The second kappa shape index (κ2) is 5.39. The van der Waals surface area contributed by atoms with Gasteiger partial charge in [-0.2, -0.15) is 0 Å². The van der Waals surface area contributed by atoms with Crippen LogP contribution in [0.5, 0.6) is 0 Å². The first-order valence-corrected chi connectivity index (χ1v) is 9.98. The van der Waals surface area contributed by atoms with Gasteiger partial charge in [0.05, 0.1) is 12.2 Å². The zero-order chi connectivity index (χ0) is 12.5. The van der Waals surface area contributed by atoms with Crippen molar-refractivity contribution in [2.45, 2.75) is 70.2 Å². The van der Waals surface area contributed by atoms with E-state index in [1.165, 1.54) is 31.7 Å². The van der Waals surface area contributed by atoms with E-state index in [9.17, 15) is 0 Å². The van der Waals surface area contributed by atoms with Gasteiger partial charge in [0.25, 0.3) is 0 Å². The molecular formula is C13H26O3Si. The highest BCUT2D eigenvalue weighted by atomic mass is 28.4. The van der Waals surface area contributed by atoms with E-state index in [1.54, 1.807) is 7.11 Å². The van der Waals surface area contributed by atoms with Crippen LogP contribution in [0.15, 0.2) is 0 Å². The number of hydrogen-bond donors (Lipinski definition) is 0. The predicted molar refractivity (Wildman–Crippen MR) is 70.5 cm³/mol. The first kappa shape index (κ1) is 13.5. The van der Waals surface area contributed by atoms with E-state index < -0.39 is 8.32 Å². The summed E-state index contributed by atoms with van der Waals surface area (Å²) in [6, 6.07) is 1.24. The molecule has 0 aromatic carbocycles. The molecular weight excluding hydrogens is 232 g/mol. The van der Waals surface area contributed by atoms with E-state index in [0.29, 0.717) is 12.2 Å². The molecule has 0 aromatic heterocycles. The van der Waals surface area contributed by atoms with Crippen molar-refractivity contribution in [3.8, 4) is 0 Å². The molecule has 4 unspecified atom stereocenters. The average molecular weight is 258 g/mol. The molecule has 100 valence electrons. The zero-order valence-electron chi connectivity index (χ0n) is 11.6. The molecule has 0 radical (unpaired) electrons. The van der Waals surface area contributed by atoms with E-state index in [0.717, 1.165) is 5.92 Å². The summed E-state index contributed by atoms with van der Waals surface area (Å²) < 4.78 is 16.8. The molecule has 2 fully saturated rings. The van der Waals surface area contributed by atoms with Gasteiger partial charge >= 0.3 is 0 Å². The van der Waals surface area contributed by atoms with Crippen LogP contribution in [0.2, 0.25) is 19.1 Å². The van der Waals surface area contributed by atoms with E-state index in [1.807, 2.05) is 6.92 Å². The molecule has 1 saturated heterocycles. The Morgan fingerprint density at radius 2 is 2.06 bits per heavy atom. The minimum Gasteiger partial charge on any atom is -0.393 e. The van der Waals surface area contributed by atoms with Crippen LogP contribution in [0.1, 0.15) is 32.6 Å². The van der Waals surface area contributed by atoms with Gasteiger partial charge in [-0.3, -0.25) is 0 Å². The lowest BCUT2D eigenvalue weighted by Crippen LogP contribution is -2.35. The highest BCUT2D eigenvalue weighted by Gasteiger charge is 2.43. The molecule has 2 aliphatic rings. The summed E-state index contributed by atoms with van der Waals surface area (Å²) in [5, 5.41) is 0. The molecule has 0 aromatic rings. The Hall–Kier alpha value is 0.0969. The van der Waals surface area contributed by atoms with E-state index in [-0.39, 0.29) is 6.29 Å². The van der Waals surface area contributed by atoms with Crippen molar-refractivity contribution in [3.63, 3.8) is 0 Å². The van der Waals surface area contributed by atoms with Crippen LogP contribution in [0.3, 0.4) is 0 Å². The van der Waals surface area contributed by atoms with Crippen LogP contribution in [0, 0.1) is 5.92 Å². The Balaban J connectivity index is 1.68. The second-order valence-electron chi connectivity index (χ2n) is 6.11. The Bertz CT molecular complexity index is 257. The van der Waals surface area contributed by atoms with Gasteiger partial charge in [0.2, 0.25) is 0 Å². The summed E-state index contributed by atoms with van der Waals surface area (Å²) in [6.45, 7) is 6.57. The molecule has 4 heteroatoms. The first-order chi connectivity index (χ1) is 8.00. The highest BCUT2D eigenvalue weighted by molar-refractivity contribution is 6.71. The summed E-state index contributed by atoms with van der Waals surface area (Å²) in [6.07, 6.45) is 6.41. The maximum Gasteiger partial charge on any atom is 0.190 e. The van der Waals surface area contributed by atoms with Crippen molar-refractivity contribution >= 4 is 8.32 Å². The maximum atomic E-state index is 6.00. The minimum atomic E-state index is -1.55. The maximum absolute atomic E-state index is 6.00. The van der Waals surface area contributed by atoms with Crippen molar-refractivity contribution in [1.82, 2.24) is 0 Å². The SMILES string of the molecule is COC(C)O[Si](C)(C)CCC1CCC2OC2C1. The molecule has 1 aliphatic carbocycles. The molecule has 0 bridgehead atoms. The van der Waals surface area contributed by atoms with Crippen molar-refractivity contribution in [1.29, 1.82) is 0 Å². The Morgan fingerprint density at radius 1 is 1.29 bits per heavy atom. The topological polar surface area (TPSA) is 31.0 Å². The lowest BCUT2D eigenvalue weighted by atomic mass is 9.88. The van der Waals surface area contributed by atoms with Gasteiger partial charge < -0.3 is 13.9 Å². The summed E-state index contributed by atoms with van der Waals surface area (Å²) in [5.41, 5.74) is 0. The number of ether oxygens (including phenoxy) is 2. The number of hydrogen-bond acceptors (Lipinski definition) is 3. The van der Waals surface area contributed by atoms with Crippen LogP contribution >= 0.6 is 0 Å². The van der Waals surface area contributed by atoms with Crippen LogP contribution < -0.4 is 0 Å². The smallest absolute Gasteiger partial charge is 0.190 e. The Morgan fingerprint density at radius 3 is 2.71 bits per heavy atom. The summed E-state index contributed by atoms with van der Waals surface area (Å²) >= 11 is 0. The Labute approximate surface area is 106 Å². The van der Waals surface area contributed by atoms with Gasteiger partial charge in [0, 0.05) is 7.11 Å². The molecule has 1 saturated carbocycles. The van der Waals surface area contributed by atoms with Crippen molar-refractivity contribution < 1.29 is 13.9 Å². The minimum absolute atomic E-state index is 0.0563. The third-order valence-corrected chi connectivity index (χ3v) is 6.55. The lowest BCUT2D eigenvalue weighted by molar-refractivity contribution is -0.0452. The predicted octanol–water partition coefficient (Wildman–Crippen LogP) is 3.16. The van der Waals surface area contributed by atoms with E-state index in [4.69, 9.17) is 13.9 Å². The highest BCUT2D eigenvalue weighted by Crippen LogP contribution is 2.41. The van der Waals surface area contributed by atoms with Crippen LogP contribution in [-0.4, -0.2) is 33.9 Å². The van der Waals surface area contributed by atoms with Gasteiger partial charge in [-0.15, -0.1) is 0 Å². The second-order valence-corrected chi connectivity index (χ2v) is 10.4. The summed E-state index contributed by atoms with van der Waals surface area (Å²) in [7, 11) is 0.164. The summed E-state index contributed by atoms with van der Waals surface area (Å²) in [4.78, 5) is 0. The molecule has 0 N–H and O–H groups in total. The fraction of sp³-hybridized carbons (Fsp3) is 1.00. The number of epoxide rings is 1. The first-order valence-electron chi connectivity index (χ1n) is 6.86. The molecule has 3 nitrogen and oxygen atoms in total. The molecule has 17 heavy (non-hydrogen) atoms. The molecule has 1 aliphatic heterocycles. The van der Waals surface area contributed by atoms with Crippen LogP contribution in [0.25, 0.3) is 0 Å². The van der Waals surface area contributed by atoms with Crippen LogP contribution in [-0.2, 0) is 13.9 Å². The van der Waals surface area contributed by atoms with Gasteiger partial charge in [-0.1, -0.05) is 6.42 Å². The van der Waals surface area contributed by atoms with Crippen molar-refractivity contribution in [3.05, 3.63) is 0 Å². The fourth-order valence-electron chi connectivity index (χ4n) is 2.86. The monoisotopic (exact) mass is 258 g/mol. The number of fused-ring (bicyclic) bond motifs is 1. The molecule has 1 heterocycles. The molecule has 2 rings (SSSR count). The van der Waals surface area contributed by atoms with Crippen LogP contribution in [0.4, 0.5) is 0 Å². The molecule has 4 atom stereocenters. The third kappa shape index (κ3) is 4.05. The van der Waals surface area contributed by atoms with Gasteiger partial charge in [0.1, 0.15) is 6.29 Å². The quantitative estimate of drug-likeness (QED) is 0.416. The van der Waals surface area contributed by atoms with Crippen molar-refractivity contribution in [2.75, 3.05) is 7.11 Å². The Kier molecular flexibility index (Phi) is 4.29.